The predicted octanol–water partition coefficient (Wildman–Crippen LogP) is 1.43. The molecule has 0 aromatic carbocycles. The highest BCUT2D eigenvalue weighted by Crippen LogP contribution is 2.39. The first kappa shape index (κ1) is 19.3. The summed E-state index contributed by atoms with van der Waals surface area (Å²) in [4.78, 5) is 27.4. The van der Waals surface area contributed by atoms with Gasteiger partial charge in [0.25, 0.3) is 0 Å². The summed E-state index contributed by atoms with van der Waals surface area (Å²) >= 11 is 1.53. The lowest BCUT2D eigenvalue weighted by Gasteiger charge is -2.32. The standard InChI is InChI=1S/C19H28N2O4S/c1-4-24-19(23)17-14-6-5-7-15(14)26-18(17)20-16(22)8-9-21-10-12(2)25-13(3)11-21/h12-13H,4-11H2,1-3H3,(H,20,22)/p+1. The molecule has 1 saturated heterocycles. The van der Waals surface area contributed by atoms with Crippen molar-refractivity contribution in [3.8, 4) is 0 Å². The van der Waals surface area contributed by atoms with Gasteiger partial charge in [0.15, 0.2) is 0 Å². The summed E-state index contributed by atoms with van der Waals surface area (Å²) in [5.41, 5.74) is 1.66. The van der Waals surface area contributed by atoms with Crippen LogP contribution >= 0.6 is 11.3 Å². The van der Waals surface area contributed by atoms with Gasteiger partial charge in [0.2, 0.25) is 5.91 Å². The molecule has 7 heteroatoms. The van der Waals surface area contributed by atoms with Gasteiger partial charge in [0.05, 0.1) is 25.1 Å². The maximum Gasteiger partial charge on any atom is 0.341 e. The van der Waals surface area contributed by atoms with Crippen molar-refractivity contribution >= 4 is 28.2 Å². The van der Waals surface area contributed by atoms with Crippen molar-refractivity contribution in [1.82, 2.24) is 0 Å². The molecule has 0 bridgehead atoms. The number of carbonyl (C=O) groups is 2. The molecule has 144 valence electrons. The van der Waals surface area contributed by atoms with E-state index in [1.54, 1.807) is 6.92 Å². The molecule has 0 saturated carbocycles. The number of fused-ring (bicyclic) bond motifs is 1. The topological polar surface area (TPSA) is 69.1 Å². The lowest BCUT2D eigenvalue weighted by atomic mass is 10.1. The van der Waals surface area contributed by atoms with Gasteiger partial charge in [0.1, 0.15) is 30.3 Å². The van der Waals surface area contributed by atoms with Gasteiger partial charge in [-0.1, -0.05) is 0 Å². The second-order valence-electron chi connectivity index (χ2n) is 7.25. The molecule has 1 fully saturated rings. The van der Waals surface area contributed by atoms with Gasteiger partial charge in [-0.15, -0.1) is 11.3 Å². The summed E-state index contributed by atoms with van der Waals surface area (Å²) in [5.74, 6) is -0.349. The van der Waals surface area contributed by atoms with E-state index in [9.17, 15) is 9.59 Å². The lowest BCUT2D eigenvalue weighted by molar-refractivity contribution is -0.914. The van der Waals surface area contributed by atoms with Crippen LogP contribution in [0.1, 0.15) is 54.4 Å². The molecule has 2 atom stereocenters. The van der Waals surface area contributed by atoms with E-state index in [1.807, 2.05) is 0 Å². The number of aryl methyl sites for hydroxylation is 1. The van der Waals surface area contributed by atoms with E-state index in [1.165, 1.54) is 21.1 Å². The normalized spacial score (nSPS) is 25.0. The van der Waals surface area contributed by atoms with E-state index >= 15 is 0 Å². The first-order chi connectivity index (χ1) is 12.5. The zero-order chi connectivity index (χ0) is 18.7. The Kier molecular flexibility index (Phi) is 6.32. The van der Waals surface area contributed by atoms with Crippen molar-refractivity contribution in [3.63, 3.8) is 0 Å². The average molecular weight is 382 g/mol. The van der Waals surface area contributed by atoms with E-state index in [4.69, 9.17) is 9.47 Å². The first-order valence-electron chi connectivity index (χ1n) is 9.58. The number of nitrogens with one attached hydrogen (secondary N) is 2. The largest absolute Gasteiger partial charge is 0.462 e. The molecule has 26 heavy (non-hydrogen) atoms. The summed E-state index contributed by atoms with van der Waals surface area (Å²) in [7, 11) is 0. The van der Waals surface area contributed by atoms with Crippen LogP contribution in [0.2, 0.25) is 0 Å². The van der Waals surface area contributed by atoms with E-state index in [-0.39, 0.29) is 24.1 Å². The second-order valence-corrected chi connectivity index (χ2v) is 8.35. The molecule has 1 aromatic heterocycles. The minimum atomic E-state index is -0.316. The average Bonchev–Trinajstić information content (AvgIpc) is 3.12. The van der Waals surface area contributed by atoms with Crippen LogP contribution in [-0.4, -0.2) is 50.3 Å². The number of esters is 1. The Morgan fingerprint density at radius 3 is 2.69 bits per heavy atom. The monoisotopic (exact) mass is 381 g/mol. The van der Waals surface area contributed by atoms with Gasteiger partial charge >= 0.3 is 5.97 Å². The smallest absolute Gasteiger partial charge is 0.341 e. The molecule has 1 aliphatic heterocycles. The number of quaternary nitrogens is 1. The first-order valence-corrected chi connectivity index (χ1v) is 10.4. The molecule has 2 N–H and O–H groups in total. The molecule has 2 aliphatic rings. The van der Waals surface area contributed by atoms with Crippen LogP contribution in [0.5, 0.6) is 0 Å². The van der Waals surface area contributed by atoms with Gasteiger partial charge < -0.3 is 19.7 Å². The van der Waals surface area contributed by atoms with Crippen LogP contribution in [0.25, 0.3) is 0 Å². The minimum absolute atomic E-state index is 0.0326. The Hall–Kier alpha value is -1.44. The van der Waals surface area contributed by atoms with Crippen LogP contribution in [0, 0.1) is 0 Å². The van der Waals surface area contributed by atoms with Gasteiger partial charge in [0, 0.05) is 4.88 Å². The SMILES string of the molecule is CCOC(=O)c1c(NC(=O)CC[NH+]2CC(C)OC(C)C2)sc2c1CCC2. The number of carbonyl (C=O) groups excluding carboxylic acids is 2. The van der Waals surface area contributed by atoms with Crippen molar-refractivity contribution in [3.05, 3.63) is 16.0 Å². The van der Waals surface area contributed by atoms with Crippen molar-refractivity contribution in [2.45, 2.75) is 58.7 Å². The third kappa shape index (κ3) is 4.45. The highest BCUT2D eigenvalue weighted by molar-refractivity contribution is 7.17. The number of amides is 1. The van der Waals surface area contributed by atoms with Crippen LogP contribution in [0.15, 0.2) is 0 Å². The zero-order valence-corrected chi connectivity index (χ0v) is 16.7. The number of thiophene rings is 1. The quantitative estimate of drug-likeness (QED) is 0.732. The molecule has 2 heterocycles. The molecule has 0 spiro atoms. The van der Waals surface area contributed by atoms with E-state index in [2.05, 4.69) is 19.2 Å². The predicted molar refractivity (Wildman–Crippen MR) is 101 cm³/mol. The number of hydrogen-bond donors (Lipinski definition) is 2. The summed E-state index contributed by atoms with van der Waals surface area (Å²) < 4.78 is 11.0. The van der Waals surface area contributed by atoms with Crippen LogP contribution in [0.3, 0.4) is 0 Å². The van der Waals surface area contributed by atoms with Gasteiger partial charge in [-0.25, -0.2) is 4.79 Å². The molecule has 2 unspecified atom stereocenters. The number of rotatable bonds is 6. The Labute approximate surface area is 158 Å². The fraction of sp³-hybridized carbons (Fsp3) is 0.684. The molecular weight excluding hydrogens is 352 g/mol. The number of anilines is 1. The zero-order valence-electron chi connectivity index (χ0n) is 15.9. The lowest BCUT2D eigenvalue weighted by Crippen LogP contribution is -3.15. The summed E-state index contributed by atoms with van der Waals surface area (Å²) in [6.45, 7) is 8.94. The molecular formula is C19H29N2O4S+. The fourth-order valence-corrected chi connectivity index (χ4v) is 5.28. The minimum Gasteiger partial charge on any atom is -0.462 e. The Morgan fingerprint density at radius 2 is 2.00 bits per heavy atom. The van der Waals surface area contributed by atoms with Crippen LogP contribution in [-0.2, 0) is 27.1 Å². The van der Waals surface area contributed by atoms with Crippen molar-refractivity contribution in [2.24, 2.45) is 0 Å². The highest BCUT2D eigenvalue weighted by atomic mass is 32.1. The molecule has 1 aromatic rings. The van der Waals surface area contributed by atoms with Crippen LogP contribution < -0.4 is 10.2 Å². The summed E-state index contributed by atoms with van der Waals surface area (Å²) in [6.07, 6.45) is 3.84. The maximum absolute atomic E-state index is 12.5. The number of hydrogen-bond acceptors (Lipinski definition) is 5. The van der Waals surface area contributed by atoms with E-state index < -0.39 is 0 Å². The van der Waals surface area contributed by atoms with Crippen molar-refractivity contribution < 1.29 is 24.0 Å². The molecule has 1 aliphatic carbocycles. The van der Waals surface area contributed by atoms with E-state index in [0.717, 1.165) is 44.5 Å². The third-order valence-electron chi connectivity index (χ3n) is 4.98. The highest BCUT2D eigenvalue weighted by Gasteiger charge is 2.29. The van der Waals surface area contributed by atoms with Gasteiger partial charge in [-0.2, -0.15) is 0 Å². The fourth-order valence-electron chi connectivity index (χ4n) is 3.98. The summed E-state index contributed by atoms with van der Waals surface area (Å²) in [5, 5.41) is 3.64. The van der Waals surface area contributed by atoms with Gasteiger partial charge in [-0.05, 0) is 45.6 Å². The Bertz CT molecular complexity index is 663. The summed E-state index contributed by atoms with van der Waals surface area (Å²) in [6, 6.07) is 0. The molecule has 1 amide bonds. The van der Waals surface area contributed by atoms with Crippen molar-refractivity contribution in [2.75, 3.05) is 31.6 Å². The Balaban J connectivity index is 1.61. The third-order valence-corrected chi connectivity index (χ3v) is 6.18. The maximum atomic E-state index is 12.5. The molecule has 6 nitrogen and oxygen atoms in total. The van der Waals surface area contributed by atoms with Crippen LogP contribution in [0.4, 0.5) is 5.00 Å². The molecule has 3 rings (SSSR count). The number of morpholine rings is 1. The number of ether oxygens (including phenoxy) is 2. The van der Waals surface area contributed by atoms with E-state index in [0.29, 0.717) is 23.6 Å². The Morgan fingerprint density at radius 1 is 1.27 bits per heavy atom. The van der Waals surface area contributed by atoms with Gasteiger partial charge in [-0.3, -0.25) is 4.79 Å². The second kappa shape index (κ2) is 8.50. The molecule has 0 radical (unpaired) electrons. The van der Waals surface area contributed by atoms with Crippen molar-refractivity contribution in [1.29, 1.82) is 0 Å².